The molecular weight excluding hydrogens is 320 g/mol. The third-order valence-corrected chi connectivity index (χ3v) is 5.88. The van der Waals surface area contributed by atoms with Gasteiger partial charge in [-0.25, -0.2) is 0 Å². The highest BCUT2D eigenvalue weighted by atomic mass is 32.2. The molecule has 0 amide bonds. The van der Waals surface area contributed by atoms with Gasteiger partial charge in [0, 0.05) is 11.0 Å². The number of thioether (sulfide) groups is 1. The Labute approximate surface area is 147 Å². The Morgan fingerprint density at radius 2 is 1.67 bits per heavy atom. The average Bonchev–Trinajstić information content (AvgIpc) is 2.62. The van der Waals surface area contributed by atoms with E-state index in [0.717, 1.165) is 42.9 Å². The maximum Gasteiger partial charge on any atom is 0.307 e. The van der Waals surface area contributed by atoms with Gasteiger partial charge in [0.25, 0.3) is 0 Å². The van der Waals surface area contributed by atoms with Gasteiger partial charge in [-0.2, -0.15) is 11.8 Å². The number of hydrogen-bond donors (Lipinski definition) is 1. The number of carboxylic acid groups (broad SMARTS) is 1. The lowest BCUT2D eigenvalue weighted by atomic mass is 9.89. The first-order valence-corrected chi connectivity index (χ1v) is 9.43. The highest BCUT2D eigenvalue weighted by Gasteiger charge is 2.30. The second kappa shape index (κ2) is 8.25. The maximum atomic E-state index is 11.4. The molecule has 2 atom stereocenters. The number of carboxylic acids is 1. The molecule has 1 aliphatic carbocycles. The highest BCUT2D eigenvalue weighted by molar-refractivity contribution is 7.99. The van der Waals surface area contributed by atoms with Crippen molar-refractivity contribution in [1.82, 2.24) is 0 Å². The maximum absolute atomic E-state index is 11.4. The molecule has 1 fully saturated rings. The number of para-hydroxylation sites is 1. The van der Waals surface area contributed by atoms with Crippen LogP contribution < -0.4 is 4.74 Å². The van der Waals surface area contributed by atoms with Gasteiger partial charge in [-0.15, -0.1) is 0 Å². The smallest absolute Gasteiger partial charge is 0.307 e. The van der Waals surface area contributed by atoms with Gasteiger partial charge in [0.15, 0.2) is 0 Å². The van der Waals surface area contributed by atoms with Gasteiger partial charge in [-0.1, -0.05) is 43.2 Å². The normalized spacial score (nSPS) is 20.5. The third kappa shape index (κ3) is 4.54. The lowest BCUT2D eigenvalue weighted by Gasteiger charge is -2.28. The number of rotatable bonds is 6. The molecule has 0 radical (unpaired) electrons. The fraction of sp³-hybridized carbons (Fsp3) is 0.350. The lowest BCUT2D eigenvalue weighted by molar-refractivity contribution is -0.142. The lowest BCUT2D eigenvalue weighted by Crippen LogP contribution is -2.29. The summed E-state index contributed by atoms with van der Waals surface area (Å²) in [6, 6.07) is 17.8. The van der Waals surface area contributed by atoms with E-state index in [1.54, 1.807) is 11.8 Å². The molecule has 4 heteroatoms. The number of ether oxygens (including phenoxy) is 1. The summed E-state index contributed by atoms with van der Waals surface area (Å²) < 4.78 is 5.79. The van der Waals surface area contributed by atoms with E-state index in [-0.39, 0.29) is 11.2 Å². The topological polar surface area (TPSA) is 46.5 Å². The van der Waals surface area contributed by atoms with Crippen LogP contribution in [0.25, 0.3) is 0 Å². The zero-order valence-electron chi connectivity index (χ0n) is 13.6. The fourth-order valence-corrected chi connectivity index (χ4v) is 4.48. The predicted molar refractivity (Wildman–Crippen MR) is 97.6 cm³/mol. The molecule has 1 aliphatic rings. The van der Waals surface area contributed by atoms with E-state index in [1.807, 2.05) is 42.5 Å². The number of benzene rings is 2. The van der Waals surface area contributed by atoms with Crippen LogP contribution in [0.2, 0.25) is 0 Å². The van der Waals surface area contributed by atoms with Crippen molar-refractivity contribution < 1.29 is 14.6 Å². The van der Waals surface area contributed by atoms with Gasteiger partial charge in [0.2, 0.25) is 0 Å². The van der Waals surface area contributed by atoms with Gasteiger partial charge in [-0.3, -0.25) is 4.79 Å². The number of aliphatic carboxylic acids is 1. The molecule has 0 unspecified atom stereocenters. The van der Waals surface area contributed by atoms with Gasteiger partial charge >= 0.3 is 5.97 Å². The molecule has 126 valence electrons. The van der Waals surface area contributed by atoms with E-state index in [2.05, 4.69) is 12.1 Å². The van der Waals surface area contributed by atoms with Crippen molar-refractivity contribution in [1.29, 1.82) is 0 Å². The SMILES string of the molecule is O=C(O)[C@@H]1CCCC[C@H]1SCc1ccc(Oc2ccccc2)cc1. The molecule has 0 saturated heterocycles. The minimum absolute atomic E-state index is 0.190. The van der Waals surface area contributed by atoms with E-state index in [1.165, 1.54) is 5.56 Å². The van der Waals surface area contributed by atoms with E-state index < -0.39 is 5.97 Å². The van der Waals surface area contributed by atoms with E-state index >= 15 is 0 Å². The molecule has 3 rings (SSSR count). The van der Waals surface area contributed by atoms with Gasteiger partial charge in [-0.05, 0) is 42.7 Å². The van der Waals surface area contributed by atoms with Crippen LogP contribution in [0.1, 0.15) is 31.2 Å². The largest absolute Gasteiger partial charge is 0.481 e. The van der Waals surface area contributed by atoms with Crippen LogP contribution >= 0.6 is 11.8 Å². The number of carbonyl (C=O) groups is 1. The molecule has 0 aromatic heterocycles. The van der Waals surface area contributed by atoms with Crippen LogP contribution in [0.15, 0.2) is 54.6 Å². The van der Waals surface area contributed by atoms with E-state index in [4.69, 9.17) is 4.74 Å². The molecule has 2 aromatic rings. The summed E-state index contributed by atoms with van der Waals surface area (Å²) in [5.74, 6) is 1.66. The molecule has 3 nitrogen and oxygen atoms in total. The first kappa shape index (κ1) is 16.9. The Morgan fingerprint density at radius 3 is 2.38 bits per heavy atom. The Balaban J connectivity index is 1.55. The Morgan fingerprint density at radius 1 is 1.00 bits per heavy atom. The summed E-state index contributed by atoms with van der Waals surface area (Å²) in [7, 11) is 0. The summed E-state index contributed by atoms with van der Waals surface area (Å²) in [6.07, 6.45) is 4.01. The van der Waals surface area contributed by atoms with Gasteiger partial charge < -0.3 is 9.84 Å². The van der Waals surface area contributed by atoms with Crippen molar-refractivity contribution in [2.45, 2.75) is 36.7 Å². The van der Waals surface area contributed by atoms with Crippen molar-refractivity contribution >= 4 is 17.7 Å². The van der Waals surface area contributed by atoms with Crippen LogP contribution in [0.4, 0.5) is 0 Å². The van der Waals surface area contributed by atoms with Crippen molar-refractivity contribution in [3.8, 4) is 11.5 Å². The molecule has 0 bridgehead atoms. The second-order valence-electron chi connectivity index (χ2n) is 6.14. The minimum Gasteiger partial charge on any atom is -0.481 e. The first-order chi connectivity index (χ1) is 11.7. The standard InChI is InChI=1S/C20H22O3S/c21-20(22)18-8-4-5-9-19(18)24-14-15-10-12-17(13-11-15)23-16-6-2-1-3-7-16/h1-3,6-7,10-13,18-19H,4-5,8-9,14H2,(H,21,22)/t18-,19-/m1/s1. The Hall–Kier alpha value is -1.94. The van der Waals surface area contributed by atoms with Crippen LogP contribution in [0.5, 0.6) is 11.5 Å². The van der Waals surface area contributed by atoms with Crippen molar-refractivity contribution in [2.24, 2.45) is 5.92 Å². The predicted octanol–water partition coefficient (Wildman–Crippen LogP) is 5.36. The summed E-state index contributed by atoms with van der Waals surface area (Å²) in [6.45, 7) is 0. The molecule has 0 aliphatic heterocycles. The molecule has 0 heterocycles. The second-order valence-corrected chi connectivity index (χ2v) is 7.37. The van der Waals surface area contributed by atoms with E-state index in [9.17, 15) is 9.90 Å². The van der Waals surface area contributed by atoms with E-state index in [0.29, 0.717) is 0 Å². The summed E-state index contributed by atoms with van der Waals surface area (Å²) >= 11 is 1.78. The summed E-state index contributed by atoms with van der Waals surface area (Å²) in [4.78, 5) is 11.4. The molecule has 1 N–H and O–H groups in total. The Bertz CT molecular complexity index is 654. The molecule has 1 saturated carbocycles. The quantitative estimate of drug-likeness (QED) is 0.768. The molecule has 0 spiro atoms. The fourth-order valence-electron chi connectivity index (χ4n) is 3.06. The Kier molecular flexibility index (Phi) is 5.81. The molecule has 24 heavy (non-hydrogen) atoms. The van der Waals surface area contributed by atoms with Crippen molar-refractivity contribution in [2.75, 3.05) is 0 Å². The number of hydrogen-bond acceptors (Lipinski definition) is 3. The van der Waals surface area contributed by atoms with Gasteiger partial charge in [0.1, 0.15) is 11.5 Å². The monoisotopic (exact) mass is 342 g/mol. The first-order valence-electron chi connectivity index (χ1n) is 8.38. The van der Waals surface area contributed by atoms with Crippen LogP contribution in [0, 0.1) is 5.92 Å². The molecule has 2 aromatic carbocycles. The minimum atomic E-state index is -0.640. The zero-order chi connectivity index (χ0) is 16.8. The third-order valence-electron chi connectivity index (χ3n) is 4.39. The summed E-state index contributed by atoms with van der Waals surface area (Å²) in [5.41, 5.74) is 1.20. The van der Waals surface area contributed by atoms with Gasteiger partial charge in [0.05, 0.1) is 5.92 Å². The van der Waals surface area contributed by atoms with Crippen molar-refractivity contribution in [3.63, 3.8) is 0 Å². The highest BCUT2D eigenvalue weighted by Crippen LogP contribution is 2.35. The van der Waals surface area contributed by atoms with Crippen molar-refractivity contribution in [3.05, 3.63) is 60.2 Å². The van der Waals surface area contributed by atoms with Crippen LogP contribution in [-0.2, 0) is 10.5 Å². The summed E-state index contributed by atoms with van der Waals surface area (Å²) in [5, 5.41) is 9.59. The molecular formula is C20H22O3S. The zero-order valence-corrected chi connectivity index (χ0v) is 14.4. The van der Waals surface area contributed by atoms with Crippen LogP contribution in [-0.4, -0.2) is 16.3 Å². The average molecular weight is 342 g/mol. The van der Waals surface area contributed by atoms with Crippen LogP contribution in [0.3, 0.4) is 0 Å².